The number of anilines is 1. The number of halogens is 1. The van der Waals surface area contributed by atoms with Crippen LogP contribution in [0.2, 0.25) is 5.02 Å². The van der Waals surface area contributed by atoms with Gasteiger partial charge in [-0.1, -0.05) is 22.8 Å². The molecule has 2 aromatic rings. The number of aromatic nitrogens is 4. The summed E-state index contributed by atoms with van der Waals surface area (Å²) < 4.78 is 0. The van der Waals surface area contributed by atoms with E-state index in [4.69, 9.17) is 11.6 Å². The lowest BCUT2D eigenvalue weighted by molar-refractivity contribution is -0.113. The van der Waals surface area contributed by atoms with Crippen molar-refractivity contribution >= 4 is 35.2 Å². The summed E-state index contributed by atoms with van der Waals surface area (Å²) in [6.45, 7) is 4.01. The zero-order valence-corrected chi connectivity index (χ0v) is 12.1. The molecule has 0 aliphatic rings. The number of thioether (sulfide) groups is 1. The van der Waals surface area contributed by atoms with Gasteiger partial charge in [0.15, 0.2) is 0 Å². The molecule has 0 bridgehead atoms. The quantitative estimate of drug-likeness (QED) is 0.654. The maximum atomic E-state index is 11.7. The molecule has 0 fully saturated rings. The average Bonchev–Trinajstić information content (AvgIpc) is 2.86. The highest BCUT2D eigenvalue weighted by Gasteiger charge is 2.07. The van der Waals surface area contributed by atoms with Gasteiger partial charge in [0, 0.05) is 9.92 Å². The number of benzene rings is 1. The molecule has 1 N–H and O–H groups in total. The van der Waals surface area contributed by atoms with Crippen LogP contribution in [0.15, 0.2) is 41.8 Å². The second-order valence-corrected chi connectivity index (χ2v) is 5.23. The smallest absolute Gasteiger partial charge is 0.270 e. The van der Waals surface area contributed by atoms with Gasteiger partial charge >= 0.3 is 0 Å². The molecule has 0 saturated heterocycles. The Morgan fingerprint density at radius 1 is 1.45 bits per heavy atom. The number of carbonyl (C=O) groups excluding carboxylic acids is 1. The zero-order valence-electron chi connectivity index (χ0n) is 10.5. The van der Waals surface area contributed by atoms with Crippen LogP contribution in [-0.2, 0) is 11.3 Å². The molecule has 0 atom stereocenters. The molecule has 0 aliphatic carbocycles. The molecule has 1 amide bonds. The van der Waals surface area contributed by atoms with Crippen molar-refractivity contribution in [3.8, 4) is 0 Å². The fraction of sp³-hybridized carbons (Fsp3) is 0.167. The number of amides is 1. The summed E-state index contributed by atoms with van der Waals surface area (Å²) in [6, 6.07) is 7.28. The van der Waals surface area contributed by atoms with E-state index in [9.17, 15) is 4.79 Å². The summed E-state index contributed by atoms with van der Waals surface area (Å²) in [6.07, 6.45) is 1.64. The number of rotatable bonds is 6. The van der Waals surface area contributed by atoms with Crippen molar-refractivity contribution in [2.45, 2.75) is 11.4 Å². The first-order valence-corrected chi connectivity index (χ1v) is 7.10. The van der Waals surface area contributed by atoms with Gasteiger partial charge in [-0.15, -0.1) is 23.4 Å². The normalized spacial score (nSPS) is 10.2. The lowest BCUT2D eigenvalue weighted by Crippen LogP contribution is -2.15. The number of nitrogens with one attached hydrogen (secondary N) is 1. The minimum absolute atomic E-state index is 0.188. The predicted molar refractivity (Wildman–Crippen MR) is 78.8 cm³/mol. The summed E-state index contributed by atoms with van der Waals surface area (Å²) in [5, 5.41) is 14.7. The number of nitrogens with zero attached hydrogens (tertiary/aromatic N) is 4. The molecule has 0 spiro atoms. The van der Waals surface area contributed by atoms with E-state index in [2.05, 4.69) is 27.3 Å². The van der Waals surface area contributed by atoms with Crippen molar-refractivity contribution in [2.75, 3.05) is 11.1 Å². The van der Waals surface area contributed by atoms with E-state index in [0.29, 0.717) is 11.6 Å². The molecule has 8 heteroatoms. The highest BCUT2D eigenvalue weighted by Crippen LogP contribution is 2.20. The summed E-state index contributed by atoms with van der Waals surface area (Å²) in [5.41, 5.74) is 0. The molecule has 0 saturated carbocycles. The highest BCUT2D eigenvalue weighted by molar-refractivity contribution is 8.00. The number of allylic oxidation sites excluding steroid dienone is 1. The van der Waals surface area contributed by atoms with Gasteiger partial charge in [-0.2, -0.15) is 4.80 Å². The molecule has 0 unspecified atom stereocenters. The van der Waals surface area contributed by atoms with Gasteiger partial charge in [-0.25, -0.2) is 0 Å². The lowest BCUT2D eigenvalue weighted by Gasteiger charge is -2.01. The Kier molecular flexibility index (Phi) is 5.14. The Balaban J connectivity index is 1.82. The zero-order chi connectivity index (χ0) is 14.4. The van der Waals surface area contributed by atoms with E-state index in [1.807, 2.05) is 12.1 Å². The van der Waals surface area contributed by atoms with E-state index >= 15 is 0 Å². The Morgan fingerprint density at radius 2 is 2.20 bits per heavy atom. The first-order chi connectivity index (χ1) is 9.67. The van der Waals surface area contributed by atoms with Gasteiger partial charge in [-0.3, -0.25) is 10.1 Å². The van der Waals surface area contributed by atoms with Crippen LogP contribution < -0.4 is 5.32 Å². The van der Waals surface area contributed by atoms with Crippen LogP contribution in [0.4, 0.5) is 5.95 Å². The summed E-state index contributed by atoms with van der Waals surface area (Å²) in [7, 11) is 0. The van der Waals surface area contributed by atoms with E-state index in [0.717, 1.165) is 4.90 Å². The Morgan fingerprint density at radius 3 is 2.90 bits per heavy atom. The average molecular weight is 310 g/mol. The van der Waals surface area contributed by atoms with E-state index in [1.165, 1.54) is 16.6 Å². The maximum absolute atomic E-state index is 11.7. The first-order valence-electron chi connectivity index (χ1n) is 5.74. The monoisotopic (exact) mass is 309 g/mol. The molecular formula is C12H12ClN5OS. The maximum Gasteiger partial charge on any atom is 0.270 e. The Hall–Kier alpha value is -1.86. The van der Waals surface area contributed by atoms with Crippen molar-refractivity contribution in [1.82, 2.24) is 20.2 Å². The third kappa shape index (κ3) is 4.36. The standard InChI is InChI=1S/C12H12ClN5OS/c1-2-7-18-16-12(15-17-18)14-11(19)8-20-10-5-3-9(13)4-6-10/h2-6H,1,7-8H2,(H,14,16,19). The molecule has 1 aromatic heterocycles. The predicted octanol–water partition coefficient (Wildman–Crippen LogP) is 2.24. The minimum atomic E-state index is -0.192. The Labute approximate surface area is 125 Å². The molecule has 2 rings (SSSR count). The third-order valence-corrected chi connectivity index (χ3v) is 3.44. The van der Waals surface area contributed by atoms with Gasteiger partial charge in [0.25, 0.3) is 5.95 Å². The van der Waals surface area contributed by atoms with Gasteiger partial charge in [0.2, 0.25) is 5.91 Å². The van der Waals surface area contributed by atoms with Gasteiger partial charge < -0.3 is 0 Å². The van der Waals surface area contributed by atoms with Crippen molar-refractivity contribution < 1.29 is 4.79 Å². The Bertz CT molecular complexity index is 598. The second-order valence-electron chi connectivity index (χ2n) is 3.75. The lowest BCUT2D eigenvalue weighted by atomic mass is 10.4. The summed E-state index contributed by atoms with van der Waals surface area (Å²) in [4.78, 5) is 14.0. The van der Waals surface area contributed by atoms with Crippen molar-refractivity contribution in [3.05, 3.63) is 41.9 Å². The van der Waals surface area contributed by atoms with Crippen LogP contribution >= 0.6 is 23.4 Å². The fourth-order valence-electron chi connectivity index (χ4n) is 1.33. The summed E-state index contributed by atoms with van der Waals surface area (Å²) in [5.74, 6) is 0.258. The van der Waals surface area contributed by atoms with E-state index in [-0.39, 0.29) is 17.6 Å². The number of hydrogen-bond donors (Lipinski definition) is 1. The number of hydrogen-bond acceptors (Lipinski definition) is 5. The first kappa shape index (κ1) is 14.5. The number of carbonyl (C=O) groups is 1. The van der Waals surface area contributed by atoms with Crippen LogP contribution in [0, 0.1) is 0 Å². The van der Waals surface area contributed by atoms with Crippen molar-refractivity contribution in [2.24, 2.45) is 0 Å². The molecule has 1 heterocycles. The minimum Gasteiger partial charge on any atom is -0.291 e. The largest absolute Gasteiger partial charge is 0.291 e. The fourth-order valence-corrected chi connectivity index (χ4v) is 2.15. The van der Waals surface area contributed by atoms with Crippen LogP contribution in [0.5, 0.6) is 0 Å². The van der Waals surface area contributed by atoms with Crippen LogP contribution in [0.1, 0.15) is 0 Å². The molecule has 1 aromatic carbocycles. The van der Waals surface area contributed by atoms with Crippen molar-refractivity contribution in [1.29, 1.82) is 0 Å². The van der Waals surface area contributed by atoms with Crippen LogP contribution in [0.25, 0.3) is 0 Å². The summed E-state index contributed by atoms with van der Waals surface area (Å²) >= 11 is 7.19. The molecule has 0 radical (unpaired) electrons. The molecule has 20 heavy (non-hydrogen) atoms. The van der Waals surface area contributed by atoms with E-state index < -0.39 is 0 Å². The molecule has 0 aliphatic heterocycles. The SMILES string of the molecule is C=CCn1nnc(NC(=O)CSc2ccc(Cl)cc2)n1. The third-order valence-electron chi connectivity index (χ3n) is 2.18. The topological polar surface area (TPSA) is 72.7 Å². The van der Waals surface area contributed by atoms with Crippen molar-refractivity contribution in [3.63, 3.8) is 0 Å². The van der Waals surface area contributed by atoms with Gasteiger partial charge in [0.1, 0.15) is 0 Å². The number of tetrazole rings is 1. The molecular weight excluding hydrogens is 298 g/mol. The van der Waals surface area contributed by atoms with E-state index in [1.54, 1.807) is 18.2 Å². The second kappa shape index (κ2) is 7.06. The molecule has 6 nitrogen and oxygen atoms in total. The van der Waals surface area contributed by atoms with Gasteiger partial charge in [-0.05, 0) is 29.5 Å². The van der Waals surface area contributed by atoms with Gasteiger partial charge in [0.05, 0.1) is 12.3 Å². The highest BCUT2D eigenvalue weighted by atomic mass is 35.5. The van der Waals surface area contributed by atoms with Crippen LogP contribution in [0.3, 0.4) is 0 Å². The van der Waals surface area contributed by atoms with Crippen LogP contribution in [-0.4, -0.2) is 31.9 Å². The molecule has 104 valence electrons.